The number of ether oxygens (including phenoxy) is 1. The van der Waals surface area contributed by atoms with Gasteiger partial charge >= 0.3 is 5.97 Å². The van der Waals surface area contributed by atoms with E-state index in [1.54, 1.807) is 18.3 Å². The average molecular weight is 311 g/mol. The Bertz CT molecular complexity index is 474. The molecule has 0 aliphatic carbocycles. The normalized spacial score (nSPS) is 11.8. The number of halogens is 3. The van der Waals surface area contributed by atoms with Crippen LogP contribution in [-0.2, 0) is 9.53 Å². The van der Waals surface area contributed by atoms with Gasteiger partial charge in [-0.05, 0) is 11.6 Å². The fourth-order valence-corrected chi connectivity index (χ4v) is 1.47. The van der Waals surface area contributed by atoms with E-state index in [2.05, 4.69) is 9.72 Å². The van der Waals surface area contributed by atoms with Crippen LogP contribution in [0, 0.1) is 0 Å². The topological polar surface area (TPSA) is 59.2 Å². The number of rotatable bonds is 4. The summed E-state index contributed by atoms with van der Waals surface area (Å²) < 4.78 is 2.48. The van der Waals surface area contributed by atoms with Gasteiger partial charge in [-0.3, -0.25) is 9.59 Å². The molecule has 1 aromatic heterocycles. The molecule has 18 heavy (non-hydrogen) atoms. The zero-order valence-corrected chi connectivity index (χ0v) is 11.6. The number of hydrogen-bond acceptors (Lipinski definition) is 3. The molecule has 0 radical (unpaired) electrons. The zero-order chi connectivity index (χ0) is 13.8. The van der Waals surface area contributed by atoms with E-state index in [4.69, 9.17) is 34.8 Å². The highest BCUT2D eigenvalue weighted by molar-refractivity contribution is 6.77. The molecule has 98 valence electrons. The van der Waals surface area contributed by atoms with Crippen molar-refractivity contribution in [3.8, 4) is 0 Å². The van der Waals surface area contributed by atoms with Crippen molar-refractivity contribution in [3.63, 3.8) is 0 Å². The third kappa shape index (κ3) is 4.37. The molecule has 0 aliphatic heterocycles. The highest BCUT2D eigenvalue weighted by Crippen LogP contribution is 2.30. The van der Waals surface area contributed by atoms with Gasteiger partial charge < -0.3 is 9.72 Å². The Hall–Kier alpha value is -0.970. The van der Waals surface area contributed by atoms with Gasteiger partial charge in [-0.25, -0.2) is 0 Å². The molecule has 0 aromatic carbocycles. The summed E-state index contributed by atoms with van der Waals surface area (Å²) in [7, 11) is 1.31. The Labute approximate surface area is 119 Å². The fraction of sp³-hybridized carbons (Fsp3) is 0.273. The smallest absolute Gasteiger partial charge is 0.309 e. The maximum absolute atomic E-state index is 11.6. The lowest BCUT2D eigenvalue weighted by atomic mass is 10.2. The van der Waals surface area contributed by atoms with Crippen LogP contribution in [-0.4, -0.2) is 27.6 Å². The van der Waals surface area contributed by atoms with Crippen molar-refractivity contribution in [2.24, 2.45) is 0 Å². The lowest BCUT2D eigenvalue weighted by molar-refractivity contribution is -0.139. The molecule has 4 nitrogen and oxygen atoms in total. The highest BCUT2D eigenvalue weighted by atomic mass is 35.6. The van der Waals surface area contributed by atoms with Gasteiger partial charge in [0.05, 0.1) is 19.2 Å². The number of alkyl halides is 3. The van der Waals surface area contributed by atoms with Gasteiger partial charge in [-0.2, -0.15) is 0 Å². The number of carbonyl (C=O) groups excluding carboxylic acids is 2. The van der Waals surface area contributed by atoms with Gasteiger partial charge in [0.25, 0.3) is 3.79 Å². The molecule has 0 spiro atoms. The first kappa shape index (κ1) is 15.1. The summed E-state index contributed by atoms with van der Waals surface area (Å²) in [5, 5.41) is 0. The molecule has 1 rings (SSSR count). The second-order valence-corrected chi connectivity index (χ2v) is 5.64. The minimum Gasteiger partial charge on any atom is -0.469 e. The van der Waals surface area contributed by atoms with E-state index in [1.807, 2.05) is 0 Å². The Morgan fingerprint density at radius 3 is 2.67 bits per heavy atom. The van der Waals surface area contributed by atoms with E-state index in [1.165, 1.54) is 13.2 Å². The molecule has 0 aliphatic rings. The van der Waals surface area contributed by atoms with Crippen molar-refractivity contribution in [3.05, 3.63) is 29.6 Å². The van der Waals surface area contributed by atoms with Crippen LogP contribution in [0.25, 0.3) is 6.08 Å². The second-order valence-electron chi connectivity index (χ2n) is 3.36. The minimum atomic E-state index is -1.99. The number of Topliss-reactive ketones (excluding diaryl/α,β-unsaturated/α-hetero) is 1. The first-order valence-corrected chi connectivity index (χ1v) is 6.01. The van der Waals surface area contributed by atoms with E-state index in [0.717, 1.165) is 0 Å². The zero-order valence-electron chi connectivity index (χ0n) is 9.38. The van der Waals surface area contributed by atoms with E-state index in [0.29, 0.717) is 5.56 Å². The number of hydrogen-bond donors (Lipinski definition) is 1. The summed E-state index contributed by atoms with van der Waals surface area (Å²) in [5.41, 5.74) is 0.879. The van der Waals surface area contributed by atoms with Crippen LogP contribution in [0.4, 0.5) is 0 Å². The van der Waals surface area contributed by atoms with Crippen molar-refractivity contribution in [1.82, 2.24) is 4.98 Å². The summed E-state index contributed by atoms with van der Waals surface area (Å²) in [6.45, 7) is 0. The number of H-pyrrole nitrogens is 1. The van der Waals surface area contributed by atoms with Gasteiger partial charge in [0, 0.05) is 6.20 Å². The Morgan fingerprint density at radius 2 is 2.11 bits per heavy atom. The molecular weight excluding hydrogens is 300 g/mol. The number of aromatic nitrogens is 1. The summed E-state index contributed by atoms with van der Waals surface area (Å²) >= 11 is 16.4. The van der Waals surface area contributed by atoms with Crippen LogP contribution >= 0.6 is 34.8 Å². The van der Waals surface area contributed by atoms with Crippen LogP contribution in [0.15, 0.2) is 18.3 Å². The van der Waals surface area contributed by atoms with Crippen LogP contribution in [0.1, 0.15) is 22.5 Å². The fourth-order valence-electron chi connectivity index (χ4n) is 1.17. The Morgan fingerprint density at radius 1 is 1.44 bits per heavy atom. The van der Waals surface area contributed by atoms with E-state index < -0.39 is 9.58 Å². The molecule has 0 unspecified atom stereocenters. The van der Waals surface area contributed by atoms with Crippen molar-refractivity contribution in [2.75, 3.05) is 7.11 Å². The molecule has 0 saturated heterocycles. The molecule has 0 amide bonds. The number of carbonyl (C=O) groups is 2. The Balaban J connectivity index is 2.70. The predicted octanol–water partition coefficient (Wildman–Crippen LogP) is 3.14. The summed E-state index contributed by atoms with van der Waals surface area (Å²) in [6, 6.07) is 1.53. The van der Waals surface area contributed by atoms with Crippen molar-refractivity contribution in [1.29, 1.82) is 0 Å². The standard InChI is InChI=1S/C11H10Cl3NO3/c1-18-9(16)4-2-3-7-5-8(15-6-7)10(17)11(12,13)14/h2-3,5-6,15H,4H2,1H3. The van der Waals surface area contributed by atoms with Crippen LogP contribution in [0.3, 0.4) is 0 Å². The minimum absolute atomic E-state index is 0.148. The summed E-state index contributed by atoms with van der Waals surface area (Å²) in [5.74, 6) is -0.987. The maximum atomic E-state index is 11.6. The molecule has 1 heterocycles. The molecule has 0 bridgehead atoms. The quantitative estimate of drug-likeness (QED) is 0.528. The largest absolute Gasteiger partial charge is 0.469 e. The summed E-state index contributed by atoms with van der Waals surface area (Å²) in [6.07, 6.45) is 4.98. The van der Waals surface area contributed by atoms with E-state index >= 15 is 0 Å². The molecule has 0 fully saturated rings. The molecule has 1 aromatic rings. The predicted molar refractivity (Wildman–Crippen MR) is 71.1 cm³/mol. The highest BCUT2D eigenvalue weighted by Gasteiger charge is 2.32. The van der Waals surface area contributed by atoms with Gasteiger partial charge in [-0.15, -0.1) is 0 Å². The number of methoxy groups -OCH3 is 1. The number of ketones is 1. The monoisotopic (exact) mass is 309 g/mol. The maximum Gasteiger partial charge on any atom is 0.309 e. The van der Waals surface area contributed by atoms with Crippen molar-refractivity contribution >= 4 is 52.6 Å². The third-order valence-electron chi connectivity index (χ3n) is 2.03. The average Bonchev–Trinajstić information content (AvgIpc) is 2.75. The number of aromatic amines is 1. The molecular formula is C11H10Cl3NO3. The van der Waals surface area contributed by atoms with Gasteiger partial charge in [0.2, 0.25) is 5.78 Å². The first-order valence-electron chi connectivity index (χ1n) is 4.88. The van der Waals surface area contributed by atoms with Crippen molar-refractivity contribution in [2.45, 2.75) is 10.2 Å². The van der Waals surface area contributed by atoms with Gasteiger partial charge in [0.15, 0.2) is 0 Å². The lowest BCUT2D eigenvalue weighted by Crippen LogP contribution is -2.19. The van der Waals surface area contributed by atoms with Gasteiger partial charge in [-0.1, -0.05) is 47.0 Å². The second kappa shape index (κ2) is 6.27. The number of nitrogens with one attached hydrogen (secondary N) is 1. The lowest BCUT2D eigenvalue weighted by Gasteiger charge is -2.06. The third-order valence-corrected chi connectivity index (χ3v) is 2.54. The molecule has 0 saturated carbocycles. The van der Waals surface area contributed by atoms with Gasteiger partial charge in [0.1, 0.15) is 0 Å². The molecule has 7 heteroatoms. The SMILES string of the molecule is COC(=O)CC=Cc1c[nH]c(C(=O)C(Cl)(Cl)Cl)c1. The first-order chi connectivity index (χ1) is 8.34. The van der Waals surface area contributed by atoms with Crippen LogP contribution in [0.5, 0.6) is 0 Å². The summed E-state index contributed by atoms with van der Waals surface area (Å²) in [4.78, 5) is 25.1. The van der Waals surface area contributed by atoms with E-state index in [-0.39, 0.29) is 18.1 Å². The van der Waals surface area contributed by atoms with Crippen LogP contribution < -0.4 is 0 Å². The van der Waals surface area contributed by atoms with E-state index in [9.17, 15) is 9.59 Å². The number of esters is 1. The van der Waals surface area contributed by atoms with Crippen molar-refractivity contribution < 1.29 is 14.3 Å². The molecule has 1 N–H and O–H groups in total. The molecule has 0 atom stereocenters. The Kier molecular flexibility index (Phi) is 5.26. The van der Waals surface area contributed by atoms with Crippen LogP contribution in [0.2, 0.25) is 0 Å².